The zero-order chi connectivity index (χ0) is 8.27. The Labute approximate surface area is 65.7 Å². The van der Waals surface area contributed by atoms with E-state index in [9.17, 15) is 0 Å². The molecule has 11 heavy (non-hydrogen) atoms. The second-order valence-electron chi connectivity index (χ2n) is 1.95. The van der Waals surface area contributed by atoms with Crippen LogP contribution in [0.25, 0.3) is 0 Å². The van der Waals surface area contributed by atoms with Gasteiger partial charge in [0.25, 0.3) is 0 Å². The molecule has 0 saturated heterocycles. The summed E-state index contributed by atoms with van der Waals surface area (Å²) in [5.41, 5.74) is 11.5. The number of rotatable bonds is 1. The van der Waals surface area contributed by atoms with Gasteiger partial charge in [-0.3, -0.25) is 4.99 Å². The fourth-order valence-corrected chi connectivity index (χ4v) is 0.685. The Bertz CT molecular complexity index is 265. The minimum absolute atomic E-state index is 0. The molecule has 0 aliphatic heterocycles. The zero-order valence-electron chi connectivity index (χ0n) is 6.15. The SMILES string of the molecule is CN=Cc1c(N)ncnc1N.[HH]. The van der Waals surface area contributed by atoms with Gasteiger partial charge in [0.2, 0.25) is 0 Å². The minimum Gasteiger partial charge on any atom is -0.383 e. The monoisotopic (exact) mass is 153 g/mol. The first-order valence-corrected chi connectivity index (χ1v) is 3.04. The maximum atomic E-state index is 5.49. The van der Waals surface area contributed by atoms with Crippen molar-refractivity contribution < 1.29 is 1.43 Å². The number of anilines is 2. The van der Waals surface area contributed by atoms with Crippen molar-refractivity contribution in [3.05, 3.63) is 11.9 Å². The highest BCUT2D eigenvalue weighted by atomic mass is 15.0. The third-order valence-electron chi connectivity index (χ3n) is 1.20. The number of nitrogens with zero attached hydrogens (tertiary/aromatic N) is 3. The third kappa shape index (κ3) is 1.43. The topological polar surface area (TPSA) is 90.2 Å². The molecule has 60 valence electrons. The summed E-state index contributed by atoms with van der Waals surface area (Å²) in [6, 6.07) is 0. The molecule has 5 heteroatoms. The summed E-state index contributed by atoms with van der Waals surface area (Å²) in [7, 11) is 1.63. The Hall–Kier alpha value is -1.65. The number of hydrogen-bond acceptors (Lipinski definition) is 5. The van der Waals surface area contributed by atoms with Gasteiger partial charge < -0.3 is 11.5 Å². The van der Waals surface area contributed by atoms with Crippen LogP contribution in [0.2, 0.25) is 0 Å². The molecule has 0 fully saturated rings. The Morgan fingerprint density at radius 3 is 2.45 bits per heavy atom. The van der Waals surface area contributed by atoms with Crippen molar-refractivity contribution in [3.8, 4) is 0 Å². The standard InChI is InChI=1S/C6H9N5.H2/c1-9-2-4-5(7)10-3-11-6(4)8;/h2-3H,1H3,(H4,7,8,10,11);1H. The largest absolute Gasteiger partial charge is 0.383 e. The van der Waals surface area contributed by atoms with Crippen molar-refractivity contribution in [2.45, 2.75) is 0 Å². The van der Waals surface area contributed by atoms with Gasteiger partial charge in [0.05, 0.1) is 5.56 Å². The van der Waals surface area contributed by atoms with Crippen molar-refractivity contribution in [1.82, 2.24) is 9.97 Å². The molecular weight excluding hydrogens is 142 g/mol. The summed E-state index contributed by atoms with van der Waals surface area (Å²) in [4.78, 5) is 11.3. The van der Waals surface area contributed by atoms with E-state index >= 15 is 0 Å². The first-order chi connectivity index (χ1) is 5.25. The number of nitrogen functional groups attached to an aromatic ring is 2. The van der Waals surface area contributed by atoms with Crippen LogP contribution in [0.4, 0.5) is 11.6 Å². The first kappa shape index (κ1) is 7.46. The van der Waals surface area contributed by atoms with Crippen molar-refractivity contribution in [3.63, 3.8) is 0 Å². The molecule has 0 spiro atoms. The number of aromatic nitrogens is 2. The van der Waals surface area contributed by atoms with Crippen LogP contribution >= 0.6 is 0 Å². The van der Waals surface area contributed by atoms with E-state index in [0.717, 1.165) is 0 Å². The van der Waals surface area contributed by atoms with Gasteiger partial charge in [0, 0.05) is 14.7 Å². The number of nitrogens with two attached hydrogens (primary N) is 2. The maximum Gasteiger partial charge on any atom is 0.137 e. The highest BCUT2D eigenvalue weighted by Crippen LogP contribution is 2.09. The van der Waals surface area contributed by atoms with Crippen LogP contribution in [-0.2, 0) is 0 Å². The van der Waals surface area contributed by atoms with Crippen LogP contribution in [0, 0.1) is 0 Å². The average molecular weight is 153 g/mol. The van der Waals surface area contributed by atoms with Gasteiger partial charge in [0.1, 0.15) is 18.0 Å². The van der Waals surface area contributed by atoms with Crippen LogP contribution in [-0.4, -0.2) is 23.2 Å². The predicted octanol–water partition coefficient (Wildman–Crippen LogP) is -0.0643. The molecule has 0 aliphatic rings. The molecule has 1 heterocycles. The lowest BCUT2D eigenvalue weighted by molar-refractivity contribution is 1.18. The molecule has 1 aromatic rings. The lowest BCUT2D eigenvalue weighted by Crippen LogP contribution is -2.03. The lowest BCUT2D eigenvalue weighted by Gasteiger charge is -1.99. The molecule has 1 aromatic heterocycles. The number of aliphatic imine (C=N–C) groups is 1. The second kappa shape index (κ2) is 2.96. The molecule has 5 nitrogen and oxygen atoms in total. The van der Waals surface area contributed by atoms with Gasteiger partial charge in [-0.15, -0.1) is 0 Å². The van der Waals surface area contributed by atoms with Crippen LogP contribution in [0.15, 0.2) is 11.3 Å². The van der Waals surface area contributed by atoms with Crippen molar-refractivity contribution in [2.24, 2.45) is 4.99 Å². The van der Waals surface area contributed by atoms with Crippen molar-refractivity contribution in [1.29, 1.82) is 0 Å². The molecule has 0 unspecified atom stereocenters. The fraction of sp³-hybridized carbons (Fsp3) is 0.167. The summed E-state index contributed by atoms with van der Waals surface area (Å²) >= 11 is 0. The fourth-order valence-electron chi connectivity index (χ4n) is 0.685. The summed E-state index contributed by atoms with van der Waals surface area (Å²) in [5, 5.41) is 0. The summed E-state index contributed by atoms with van der Waals surface area (Å²) < 4.78 is 0. The van der Waals surface area contributed by atoms with E-state index < -0.39 is 0 Å². The molecule has 0 bridgehead atoms. The van der Waals surface area contributed by atoms with Crippen LogP contribution in [0.5, 0.6) is 0 Å². The highest BCUT2D eigenvalue weighted by molar-refractivity contribution is 5.90. The quantitative estimate of drug-likeness (QED) is 0.553. The first-order valence-electron chi connectivity index (χ1n) is 3.04. The maximum absolute atomic E-state index is 5.49. The van der Waals surface area contributed by atoms with Gasteiger partial charge in [0.15, 0.2) is 0 Å². The van der Waals surface area contributed by atoms with E-state index in [1.165, 1.54) is 12.5 Å². The van der Waals surface area contributed by atoms with Gasteiger partial charge in [-0.2, -0.15) is 0 Å². The van der Waals surface area contributed by atoms with Gasteiger partial charge in [-0.25, -0.2) is 9.97 Å². The normalized spacial score (nSPS) is 10.6. The van der Waals surface area contributed by atoms with E-state index in [0.29, 0.717) is 17.2 Å². The molecule has 4 N–H and O–H groups in total. The van der Waals surface area contributed by atoms with E-state index in [2.05, 4.69) is 15.0 Å². The Morgan fingerprint density at radius 1 is 1.45 bits per heavy atom. The summed E-state index contributed by atoms with van der Waals surface area (Å²) in [6.45, 7) is 0. The Morgan fingerprint density at radius 2 is 2.00 bits per heavy atom. The zero-order valence-corrected chi connectivity index (χ0v) is 6.15. The molecule has 0 atom stereocenters. The summed E-state index contributed by atoms with van der Waals surface area (Å²) in [5.74, 6) is 0.700. The van der Waals surface area contributed by atoms with E-state index in [-0.39, 0.29) is 1.43 Å². The van der Waals surface area contributed by atoms with Crippen LogP contribution in [0.3, 0.4) is 0 Å². The Balaban J connectivity index is 0.00000121. The smallest absolute Gasteiger partial charge is 0.137 e. The summed E-state index contributed by atoms with van der Waals surface area (Å²) in [6.07, 6.45) is 2.85. The lowest BCUT2D eigenvalue weighted by atomic mass is 10.3. The van der Waals surface area contributed by atoms with Crippen molar-refractivity contribution in [2.75, 3.05) is 18.5 Å². The molecule has 0 radical (unpaired) electrons. The second-order valence-corrected chi connectivity index (χ2v) is 1.95. The third-order valence-corrected chi connectivity index (χ3v) is 1.20. The van der Waals surface area contributed by atoms with Crippen molar-refractivity contribution >= 4 is 17.9 Å². The molecule has 0 aliphatic carbocycles. The van der Waals surface area contributed by atoms with Gasteiger partial charge in [-0.05, 0) is 0 Å². The van der Waals surface area contributed by atoms with Crippen LogP contribution < -0.4 is 11.5 Å². The van der Waals surface area contributed by atoms with E-state index in [1.807, 2.05) is 0 Å². The van der Waals surface area contributed by atoms with Gasteiger partial charge in [-0.1, -0.05) is 0 Å². The molecule has 0 saturated carbocycles. The van der Waals surface area contributed by atoms with Gasteiger partial charge >= 0.3 is 0 Å². The predicted molar refractivity (Wildman–Crippen MR) is 46.5 cm³/mol. The average Bonchev–Trinajstić information content (AvgIpc) is 1.97. The van der Waals surface area contributed by atoms with Crippen LogP contribution in [0.1, 0.15) is 6.99 Å². The number of hydrogen-bond donors (Lipinski definition) is 2. The Kier molecular flexibility index (Phi) is 2.00. The molecule has 0 aromatic carbocycles. The minimum atomic E-state index is 0. The molecular formula is C6H11N5. The van der Waals surface area contributed by atoms with E-state index in [4.69, 9.17) is 11.5 Å². The highest BCUT2D eigenvalue weighted by Gasteiger charge is 2.01. The van der Waals surface area contributed by atoms with E-state index in [1.54, 1.807) is 7.05 Å². The molecule has 1 rings (SSSR count). The molecule has 0 amide bonds.